The minimum Gasteiger partial charge on any atom is -0.497 e. The molecule has 0 heterocycles. The summed E-state index contributed by atoms with van der Waals surface area (Å²) in [7, 11) is 1.60. The number of ether oxygens (including phenoxy) is 1. The summed E-state index contributed by atoms with van der Waals surface area (Å²) in [6, 6.07) is 7.09. The number of carbonyl (C=O) groups is 1. The van der Waals surface area contributed by atoms with Crippen LogP contribution in [0.4, 0.5) is 0 Å². The molecule has 0 spiro atoms. The molecule has 0 saturated carbocycles. The minimum absolute atomic E-state index is 0.0475. The molecule has 0 N–H and O–H groups in total. The molecule has 3 heteroatoms. The van der Waals surface area contributed by atoms with Crippen LogP contribution in [0.5, 0.6) is 5.75 Å². The monoisotopic (exact) mass is 255 g/mol. The lowest BCUT2D eigenvalue weighted by Gasteiger charge is -2.21. The van der Waals surface area contributed by atoms with Gasteiger partial charge in [-0.25, -0.2) is 0 Å². The summed E-state index contributed by atoms with van der Waals surface area (Å²) in [6.45, 7) is 0.316. The van der Waals surface area contributed by atoms with Crippen LogP contribution in [0.2, 0.25) is 0 Å². The van der Waals surface area contributed by atoms with E-state index in [1.54, 1.807) is 36.3 Å². The highest BCUT2D eigenvalue weighted by Crippen LogP contribution is 2.23. The van der Waals surface area contributed by atoms with Crippen molar-refractivity contribution < 1.29 is 9.53 Å². The highest BCUT2D eigenvalue weighted by atomic mass is 16.5. The predicted molar refractivity (Wildman–Crippen MR) is 74.8 cm³/mol. The van der Waals surface area contributed by atoms with Crippen molar-refractivity contribution in [3.8, 4) is 18.1 Å². The molecule has 0 radical (unpaired) electrons. The Morgan fingerprint density at radius 1 is 1.42 bits per heavy atom. The van der Waals surface area contributed by atoms with Crippen LogP contribution in [0.25, 0.3) is 0 Å². The highest BCUT2D eigenvalue weighted by molar-refractivity contribution is 5.95. The molecule has 0 fully saturated rings. The number of terminal acetylenes is 1. The molecule has 2 rings (SSSR count). The van der Waals surface area contributed by atoms with E-state index in [1.807, 2.05) is 0 Å². The van der Waals surface area contributed by atoms with Crippen LogP contribution in [-0.4, -0.2) is 24.5 Å². The van der Waals surface area contributed by atoms with Gasteiger partial charge in [0.15, 0.2) is 0 Å². The third-order valence-corrected chi connectivity index (χ3v) is 3.20. The molecule has 0 unspecified atom stereocenters. The van der Waals surface area contributed by atoms with Gasteiger partial charge in [-0.15, -0.1) is 6.42 Å². The molecule has 3 nitrogen and oxygen atoms in total. The summed E-state index contributed by atoms with van der Waals surface area (Å²) in [6.07, 6.45) is 10.5. The second-order valence-corrected chi connectivity index (χ2v) is 4.41. The fraction of sp³-hybridized carbons (Fsp3) is 0.312. The van der Waals surface area contributed by atoms with Gasteiger partial charge in [-0.1, -0.05) is 12.0 Å². The van der Waals surface area contributed by atoms with Gasteiger partial charge in [0.2, 0.25) is 0 Å². The van der Waals surface area contributed by atoms with Crippen LogP contribution >= 0.6 is 0 Å². The molecule has 1 aliphatic rings. The first-order valence-electron chi connectivity index (χ1n) is 6.34. The Balaban J connectivity index is 2.21. The second-order valence-electron chi connectivity index (χ2n) is 4.41. The maximum atomic E-state index is 12.5. The number of hydrogen-bond acceptors (Lipinski definition) is 2. The van der Waals surface area contributed by atoms with Crippen molar-refractivity contribution in [3.63, 3.8) is 0 Å². The molecule has 0 saturated heterocycles. The van der Waals surface area contributed by atoms with Crippen molar-refractivity contribution in [2.75, 3.05) is 13.7 Å². The van der Waals surface area contributed by atoms with Gasteiger partial charge in [-0.3, -0.25) is 4.79 Å². The molecule has 0 aliphatic heterocycles. The van der Waals surface area contributed by atoms with Gasteiger partial charge in [-0.05, 0) is 43.5 Å². The predicted octanol–water partition coefficient (Wildman–Crippen LogP) is 2.84. The first-order chi connectivity index (χ1) is 9.26. The van der Waals surface area contributed by atoms with Gasteiger partial charge in [0.05, 0.1) is 13.7 Å². The number of rotatable bonds is 4. The average Bonchev–Trinajstić information content (AvgIpc) is 2.98. The number of nitrogens with zero attached hydrogens (tertiary/aromatic N) is 1. The zero-order valence-corrected chi connectivity index (χ0v) is 11.1. The average molecular weight is 255 g/mol. The molecular formula is C16H17NO2. The summed E-state index contributed by atoms with van der Waals surface area (Å²) in [5.41, 5.74) is 1.67. The summed E-state index contributed by atoms with van der Waals surface area (Å²) >= 11 is 0. The summed E-state index contributed by atoms with van der Waals surface area (Å²) in [5.74, 6) is 3.25. The van der Waals surface area contributed by atoms with Gasteiger partial charge >= 0.3 is 0 Å². The Bertz CT molecular complexity index is 523. The van der Waals surface area contributed by atoms with E-state index >= 15 is 0 Å². The summed E-state index contributed by atoms with van der Waals surface area (Å²) in [5, 5.41) is 0. The minimum atomic E-state index is -0.0475. The first kappa shape index (κ1) is 13.2. The van der Waals surface area contributed by atoms with Gasteiger partial charge in [0, 0.05) is 11.3 Å². The van der Waals surface area contributed by atoms with Gasteiger partial charge in [0.25, 0.3) is 5.91 Å². The molecular weight excluding hydrogens is 238 g/mol. The molecule has 98 valence electrons. The maximum Gasteiger partial charge on any atom is 0.258 e. The Kier molecular flexibility index (Phi) is 4.25. The Hall–Kier alpha value is -2.21. The second kappa shape index (κ2) is 6.10. The van der Waals surface area contributed by atoms with E-state index in [4.69, 9.17) is 11.2 Å². The fourth-order valence-corrected chi connectivity index (χ4v) is 2.18. The number of methoxy groups -OCH3 is 1. The lowest BCUT2D eigenvalue weighted by atomic mass is 10.1. The SMILES string of the molecule is C#CCN(C(=O)c1ccc(OC)cc1)C1=CCCC1. The Morgan fingerprint density at radius 2 is 2.16 bits per heavy atom. The van der Waals surface area contributed by atoms with Gasteiger partial charge < -0.3 is 9.64 Å². The normalized spacial score (nSPS) is 13.6. The van der Waals surface area contributed by atoms with E-state index < -0.39 is 0 Å². The van der Waals surface area contributed by atoms with Crippen LogP contribution in [0.1, 0.15) is 29.6 Å². The van der Waals surface area contributed by atoms with Gasteiger partial charge in [0.1, 0.15) is 5.75 Å². The highest BCUT2D eigenvalue weighted by Gasteiger charge is 2.20. The standard InChI is InChI=1S/C16H17NO2/c1-3-12-17(14-6-4-5-7-14)16(18)13-8-10-15(19-2)11-9-13/h1,6,8-11H,4-5,7,12H2,2H3. The summed E-state index contributed by atoms with van der Waals surface area (Å²) in [4.78, 5) is 14.2. The largest absolute Gasteiger partial charge is 0.497 e. The molecule has 1 aromatic carbocycles. The van der Waals surface area contributed by atoms with Crippen LogP contribution < -0.4 is 4.74 Å². The molecule has 1 aromatic rings. The van der Waals surface area contributed by atoms with E-state index in [0.29, 0.717) is 12.1 Å². The van der Waals surface area contributed by atoms with Crippen LogP contribution in [0.15, 0.2) is 36.0 Å². The molecule has 0 aromatic heterocycles. The van der Waals surface area contributed by atoms with Crippen molar-refractivity contribution in [1.29, 1.82) is 0 Å². The smallest absolute Gasteiger partial charge is 0.258 e. The quantitative estimate of drug-likeness (QED) is 0.774. The third-order valence-electron chi connectivity index (χ3n) is 3.20. The zero-order chi connectivity index (χ0) is 13.7. The molecule has 1 aliphatic carbocycles. The van der Waals surface area contributed by atoms with E-state index in [-0.39, 0.29) is 5.91 Å². The number of benzene rings is 1. The molecule has 1 amide bonds. The van der Waals surface area contributed by atoms with E-state index in [9.17, 15) is 4.79 Å². The topological polar surface area (TPSA) is 29.5 Å². The lowest BCUT2D eigenvalue weighted by molar-refractivity contribution is 0.0819. The Labute approximate surface area is 113 Å². The van der Waals surface area contributed by atoms with Crippen LogP contribution in [0, 0.1) is 12.3 Å². The van der Waals surface area contributed by atoms with Crippen molar-refractivity contribution in [2.45, 2.75) is 19.3 Å². The van der Waals surface area contributed by atoms with Crippen LogP contribution in [0.3, 0.4) is 0 Å². The molecule has 0 bridgehead atoms. The Morgan fingerprint density at radius 3 is 2.68 bits per heavy atom. The maximum absolute atomic E-state index is 12.5. The molecule has 19 heavy (non-hydrogen) atoms. The van der Waals surface area contributed by atoms with Gasteiger partial charge in [-0.2, -0.15) is 0 Å². The van der Waals surface area contributed by atoms with E-state index in [0.717, 1.165) is 30.7 Å². The molecule has 0 atom stereocenters. The number of carbonyl (C=O) groups excluding carboxylic acids is 1. The third kappa shape index (κ3) is 2.97. The van der Waals surface area contributed by atoms with E-state index in [1.165, 1.54) is 0 Å². The number of amides is 1. The first-order valence-corrected chi connectivity index (χ1v) is 6.34. The van der Waals surface area contributed by atoms with Crippen molar-refractivity contribution in [3.05, 3.63) is 41.6 Å². The number of allylic oxidation sites excluding steroid dienone is 2. The van der Waals surface area contributed by atoms with Crippen molar-refractivity contribution in [2.24, 2.45) is 0 Å². The fourth-order valence-electron chi connectivity index (χ4n) is 2.18. The van der Waals surface area contributed by atoms with E-state index in [2.05, 4.69) is 12.0 Å². The lowest BCUT2D eigenvalue weighted by Crippen LogP contribution is -2.30. The van der Waals surface area contributed by atoms with Crippen LogP contribution in [-0.2, 0) is 0 Å². The summed E-state index contributed by atoms with van der Waals surface area (Å²) < 4.78 is 5.09. The zero-order valence-electron chi connectivity index (χ0n) is 11.1. The van der Waals surface area contributed by atoms with Crippen molar-refractivity contribution >= 4 is 5.91 Å². The number of hydrogen-bond donors (Lipinski definition) is 0. The van der Waals surface area contributed by atoms with Crippen molar-refractivity contribution in [1.82, 2.24) is 4.90 Å².